The van der Waals surface area contributed by atoms with Crippen molar-refractivity contribution >= 4 is 17.5 Å². The molecular formula is C24H29N3O4. The van der Waals surface area contributed by atoms with Crippen LogP contribution in [-0.2, 0) is 22.6 Å². The molecule has 7 heteroatoms. The maximum absolute atomic E-state index is 13.0. The van der Waals surface area contributed by atoms with Gasteiger partial charge in [-0.05, 0) is 42.0 Å². The number of ether oxygens (including phenoxy) is 2. The number of carbonyl (C=O) groups is 2. The summed E-state index contributed by atoms with van der Waals surface area (Å²) < 4.78 is 11.1. The number of hydrogen-bond acceptors (Lipinski definition) is 5. The zero-order valence-corrected chi connectivity index (χ0v) is 17.9. The molecule has 2 amide bonds. The first-order valence-electron chi connectivity index (χ1n) is 10.8. The Morgan fingerprint density at radius 2 is 1.81 bits per heavy atom. The van der Waals surface area contributed by atoms with Crippen molar-refractivity contribution in [3.05, 3.63) is 53.6 Å². The number of fused-ring (bicyclic) bond motifs is 2. The van der Waals surface area contributed by atoms with E-state index in [4.69, 9.17) is 9.47 Å². The summed E-state index contributed by atoms with van der Waals surface area (Å²) in [5, 5.41) is 9.16. The van der Waals surface area contributed by atoms with Gasteiger partial charge in [-0.3, -0.25) is 9.59 Å². The van der Waals surface area contributed by atoms with Crippen molar-refractivity contribution in [3.63, 3.8) is 0 Å². The van der Waals surface area contributed by atoms with E-state index in [1.807, 2.05) is 26.0 Å². The fourth-order valence-electron chi connectivity index (χ4n) is 3.97. The third kappa shape index (κ3) is 5.17. The molecule has 0 spiro atoms. The van der Waals surface area contributed by atoms with Crippen molar-refractivity contribution in [2.75, 3.05) is 18.5 Å². The monoisotopic (exact) mass is 423 g/mol. The molecule has 7 nitrogen and oxygen atoms in total. The first-order valence-corrected chi connectivity index (χ1v) is 10.8. The Morgan fingerprint density at radius 1 is 1.06 bits per heavy atom. The number of benzene rings is 2. The first kappa shape index (κ1) is 21.2. The summed E-state index contributed by atoms with van der Waals surface area (Å²) in [7, 11) is 0. The number of hydrogen-bond donors (Lipinski definition) is 3. The van der Waals surface area contributed by atoms with Gasteiger partial charge < -0.3 is 25.4 Å². The third-order valence-corrected chi connectivity index (χ3v) is 5.55. The fourth-order valence-corrected chi connectivity index (χ4v) is 3.97. The van der Waals surface area contributed by atoms with Crippen LogP contribution < -0.4 is 25.4 Å². The molecule has 0 aromatic heterocycles. The lowest BCUT2D eigenvalue weighted by Gasteiger charge is -2.28. The average molecular weight is 424 g/mol. The third-order valence-electron chi connectivity index (χ3n) is 5.55. The molecule has 2 aromatic carbocycles. The van der Waals surface area contributed by atoms with Crippen LogP contribution in [0, 0.1) is 5.92 Å². The molecule has 0 radical (unpaired) electrons. The molecule has 31 heavy (non-hydrogen) atoms. The van der Waals surface area contributed by atoms with Gasteiger partial charge in [0, 0.05) is 18.3 Å². The Labute approximate surface area is 182 Å². The van der Waals surface area contributed by atoms with Gasteiger partial charge in [-0.2, -0.15) is 0 Å². The lowest BCUT2D eigenvalue weighted by molar-refractivity contribution is -0.128. The largest absolute Gasteiger partial charge is 0.486 e. The summed E-state index contributed by atoms with van der Waals surface area (Å²) in [6.45, 7) is 5.71. The van der Waals surface area contributed by atoms with Gasteiger partial charge in [0.2, 0.25) is 11.8 Å². The lowest BCUT2D eigenvalue weighted by Crippen LogP contribution is -2.53. The zero-order valence-electron chi connectivity index (χ0n) is 17.9. The second kappa shape index (κ2) is 9.39. The summed E-state index contributed by atoms with van der Waals surface area (Å²) in [5.41, 5.74) is 2.99. The molecule has 164 valence electrons. The Hall–Kier alpha value is -3.06. The molecule has 2 atom stereocenters. The molecule has 3 N–H and O–H groups in total. The Balaban J connectivity index is 1.42. The standard InChI is InChI=1S/C24H29N3O4/c1-15(2)11-20(24(29)26-18-7-8-21-22(13-18)31-10-9-30-21)27-23(28)19-12-16-5-3-4-6-17(16)14-25-19/h3-8,13,15,19-20,25H,9-12,14H2,1-2H3,(H,26,29)(H,27,28)/t19-,20-/m0/s1. The summed E-state index contributed by atoms with van der Waals surface area (Å²) in [6.07, 6.45) is 1.16. The molecule has 0 saturated heterocycles. The highest BCUT2D eigenvalue weighted by atomic mass is 16.6. The van der Waals surface area contributed by atoms with Crippen LogP contribution in [0.5, 0.6) is 11.5 Å². The van der Waals surface area contributed by atoms with Crippen molar-refractivity contribution in [2.45, 2.75) is 45.3 Å². The Kier molecular flexibility index (Phi) is 6.42. The second-order valence-electron chi connectivity index (χ2n) is 8.44. The average Bonchev–Trinajstić information content (AvgIpc) is 2.77. The van der Waals surface area contributed by atoms with Crippen LogP contribution >= 0.6 is 0 Å². The van der Waals surface area contributed by atoms with E-state index < -0.39 is 6.04 Å². The van der Waals surface area contributed by atoms with Crippen molar-refractivity contribution < 1.29 is 19.1 Å². The predicted octanol–water partition coefficient (Wildman–Crippen LogP) is 2.64. The molecule has 2 aromatic rings. The number of rotatable bonds is 6. The molecule has 0 fully saturated rings. The van der Waals surface area contributed by atoms with Gasteiger partial charge in [-0.15, -0.1) is 0 Å². The van der Waals surface area contributed by atoms with E-state index in [1.165, 1.54) is 11.1 Å². The second-order valence-corrected chi connectivity index (χ2v) is 8.44. The van der Waals surface area contributed by atoms with Crippen molar-refractivity contribution in [1.29, 1.82) is 0 Å². The first-order chi connectivity index (χ1) is 15.0. The minimum atomic E-state index is -0.625. The van der Waals surface area contributed by atoms with Gasteiger partial charge in [0.15, 0.2) is 11.5 Å². The van der Waals surface area contributed by atoms with Gasteiger partial charge in [0.25, 0.3) is 0 Å². The molecule has 0 unspecified atom stereocenters. The normalized spacial score (nSPS) is 18.1. The molecule has 0 bridgehead atoms. The summed E-state index contributed by atoms with van der Waals surface area (Å²) >= 11 is 0. The van der Waals surface area contributed by atoms with Crippen LogP contribution in [0.25, 0.3) is 0 Å². The Bertz CT molecular complexity index is 960. The lowest BCUT2D eigenvalue weighted by atomic mass is 9.95. The van der Waals surface area contributed by atoms with E-state index in [1.54, 1.807) is 18.2 Å². The molecule has 2 aliphatic heterocycles. The van der Waals surface area contributed by atoms with Crippen LogP contribution in [0.3, 0.4) is 0 Å². The van der Waals surface area contributed by atoms with Gasteiger partial charge in [0.05, 0.1) is 6.04 Å². The van der Waals surface area contributed by atoms with Crippen LogP contribution in [0.2, 0.25) is 0 Å². The SMILES string of the molecule is CC(C)C[C@H](NC(=O)[C@@H]1Cc2ccccc2CN1)C(=O)Nc1ccc2c(c1)OCCO2. The minimum absolute atomic E-state index is 0.155. The zero-order chi connectivity index (χ0) is 21.8. The molecule has 0 saturated carbocycles. The molecule has 2 aliphatic rings. The van der Waals surface area contributed by atoms with E-state index in [0.29, 0.717) is 49.8 Å². The Morgan fingerprint density at radius 3 is 2.58 bits per heavy atom. The number of carbonyl (C=O) groups excluding carboxylic acids is 2. The van der Waals surface area contributed by atoms with Crippen LogP contribution in [-0.4, -0.2) is 37.1 Å². The molecule has 0 aliphatic carbocycles. The molecule has 4 rings (SSSR count). The van der Waals surface area contributed by atoms with Gasteiger partial charge in [-0.1, -0.05) is 38.1 Å². The van der Waals surface area contributed by atoms with Crippen molar-refractivity contribution in [1.82, 2.24) is 10.6 Å². The molecule has 2 heterocycles. The van der Waals surface area contributed by atoms with Crippen LogP contribution in [0.15, 0.2) is 42.5 Å². The number of nitrogens with one attached hydrogen (secondary N) is 3. The predicted molar refractivity (Wildman–Crippen MR) is 118 cm³/mol. The smallest absolute Gasteiger partial charge is 0.246 e. The topological polar surface area (TPSA) is 88.7 Å². The van der Waals surface area contributed by atoms with E-state index in [0.717, 1.165) is 0 Å². The number of amides is 2. The van der Waals surface area contributed by atoms with Crippen molar-refractivity contribution in [2.24, 2.45) is 5.92 Å². The highest BCUT2D eigenvalue weighted by Crippen LogP contribution is 2.32. The van der Waals surface area contributed by atoms with E-state index in [-0.39, 0.29) is 23.8 Å². The van der Waals surface area contributed by atoms with E-state index >= 15 is 0 Å². The van der Waals surface area contributed by atoms with E-state index in [2.05, 4.69) is 28.1 Å². The number of anilines is 1. The van der Waals surface area contributed by atoms with Gasteiger partial charge in [0.1, 0.15) is 19.3 Å². The van der Waals surface area contributed by atoms with Crippen molar-refractivity contribution in [3.8, 4) is 11.5 Å². The summed E-state index contributed by atoms with van der Waals surface area (Å²) in [6, 6.07) is 12.4. The van der Waals surface area contributed by atoms with Gasteiger partial charge in [-0.25, -0.2) is 0 Å². The fraction of sp³-hybridized carbons (Fsp3) is 0.417. The highest BCUT2D eigenvalue weighted by molar-refractivity contribution is 5.98. The van der Waals surface area contributed by atoms with Gasteiger partial charge >= 0.3 is 0 Å². The summed E-state index contributed by atoms with van der Waals surface area (Å²) in [4.78, 5) is 26.0. The van der Waals surface area contributed by atoms with E-state index in [9.17, 15) is 9.59 Å². The highest BCUT2D eigenvalue weighted by Gasteiger charge is 2.29. The van der Waals surface area contributed by atoms with Crippen LogP contribution in [0.4, 0.5) is 5.69 Å². The van der Waals surface area contributed by atoms with Crippen LogP contribution in [0.1, 0.15) is 31.4 Å². The minimum Gasteiger partial charge on any atom is -0.486 e. The maximum atomic E-state index is 13.0. The molecular weight excluding hydrogens is 394 g/mol. The summed E-state index contributed by atoms with van der Waals surface area (Å²) in [5.74, 6) is 1.13. The maximum Gasteiger partial charge on any atom is 0.246 e. The quantitative estimate of drug-likeness (QED) is 0.665.